The number of rotatable bonds is 6. The van der Waals surface area contributed by atoms with E-state index in [9.17, 15) is 4.79 Å². The van der Waals surface area contributed by atoms with Crippen LogP contribution in [-0.4, -0.2) is 34.2 Å². The Hall–Kier alpha value is -3.35. The van der Waals surface area contributed by atoms with E-state index in [-0.39, 0.29) is 18.6 Å². The first-order chi connectivity index (χ1) is 15.1. The summed E-state index contributed by atoms with van der Waals surface area (Å²) in [5.41, 5.74) is 2.77. The zero-order chi connectivity index (χ0) is 21.6. The van der Waals surface area contributed by atoms with Crippen LogP contribution in [0.3, 0.4) is 0 Å². The number of methoxy groups -OCH3 is 1. The number of carbonyl (C=O) groups is 1. The molecule has 1 aromatic heterocycles. The summed E-state index contributed by atoms with van der Waals surface area (Å²) in [5.74, 6) is 1.69. The standard InChI is InChI=1S/C24H28N4O3/c1-17-8-12-19(13-9-17)25-24(29)28(20-6-4-3-5-7-20)16-22-26-23(27-31-22)18-10-14-21(30-2)15-11-18/h8-15,20H,3-7,16H2,1-2H3,(H,25,29). The van der Waals surface area contributed by atoms with Gasteiger partial charge in [-0.05, 0) is 56.2 Å². The lowest BCUT2D eigenvalue weighted by atomic mass is 9.94. The molecule has 7 heteroatoms. The van der Waals surface area contributed by atoms with Crippen molar-refractivity contribution in [2.75, 3.05) is 12.4 Å². The first-order valence-corrected chi connectivity index (χ1v) is 10.7. The summed E-state index contributed by atoms with van der Waals surface area (Å²) in [6.45, 7) is 2.31. The van der Waals surface area contributed by atoms with E-state index in [0.29, 0.717) is 11.7 Å². The number of hydrogen-bond donors (Lipinski definition) is 1. The third kappa shape index (κ3) is 5.23. The van der Waals surface area contributed by atoms with Crippen LogP contribution in [0.25, 0.3) is 11.4 Å². The second-order valence-electron chi connectivity index (χ2n) is 7.96. The lowest BCUT2D eigenvalue weighted by molar-refractivity contribution is 0.151. The van der Waals surface area contributed by atoms with Gasteiger partial charge in [-0.3, -0.25) is 0 Å². The van der Waals surface area contributed by atoms with Crippen molar-refractivity contribution in [3.8, 4) is 17.1 Å². The Morgan fingerprint density at radius 2 is 1.81 bits per heavy atom. The molecule has 1 saturated carbocycles. The van der Waals surface area contributed by atoms with E-state index in [0.717, 1.165) is 48.2 Å². The Balaban J connectivity index is 1.51. The fourth-order valence-electron chi connectivity index (χ4n) is 3.91. The van der Waals surface area contributed by atoms with E-state index in [1.807, 2.05) is 60.4 Å². The number of carbonyl (C=O) groups excluding carboxylic acids is 1. The number of anilines is 1. The number of ether oxygens (including phenoxy) is 1. The van der Waals surface area contributed by atoms with E-state index in [2.05, 4.69) is 15.5 Å². The number of nitrogens with one attached hydrogen (secondary N) is 1. The van der Waals surface area contributed by atoms with Gasteiger partial charge < -0.3 is 19.5 Å². The molecule has 0 spiro atoms. The molecule has 0 radical (unpaired) electrons. The van der Waals surface area contributed by atoms with Crippen molar-refractivity contribution < 1.29 is 14.1 Å². The van der Waals surface area contributed by atoms with Gasteiger partial charge in [0, 0.05) is 17.3 Å². The number of aryl methyl sites for hydroxylation is 1. The molecule has 0 saturated heterocycles. The molecule has 2 amide bonds. The molecule has 0 unspecified atom stereocenters. The van der Waals surface area contributed by atoms with Gasteiger partial charge >= 0.3 is 6.03 Å². The molecule has 162 valence electrons. The van der Waals surface area contributed by atoms with E-state index < -0.39 is 0 Å². The van der Waals surface area contributed by atoms with Crippen molar-refractivity contribution in [2.24, 2.45) is 0 Å². The molecule has 0 atom stereocenters. The lowest BCUT2D eigenvalue weighted by Gasteiger charge is -2.33. The summed E-state index contributed by atoms with van der Waals surface area (Å²) < 4.78 is 10.7. The van der Waals surface area contributed by atoms with Gasteiger partial charge in [-0.15, -0.1) is 0 Å². The number of amides is 2. The molecule has 4 rings (SSSR count). The van der Waals surface area contributed by atoms with Crippen LogP contribution in [-0.2, 0) is 6.54 Å². The Morgan fingerprint density at radius 1 is 1.10 bits per heavy atom. The number of nitrogens with zero attached hydrogens (tertiary/aromatic N) is 3. The van der Waals surface area contributed by atoms with E-state index in [1.54, 1.807) is 7.11 Å². The molecule has 0 aliphatic heterocycles. The third-order valence-electron chi connectivity index (χ3n) is 5.70. The summed E-state index contributed by atoms with van der Waals surface area (Å²) >= 11 is 0. The highest BCUT2D eigenvalue weighted by Gasteiger charge is 2.27. The molecule has 1 heterocycles. The van der Waals surface area contributed by atoms with Crippen molar-refractivity contribution in [1.29, 1.82) is 0 Å². The molecule has 1 aliphatic rings. The quantitative estimate of drug-likeness (QED) is 0.576. The van der Waals surface area contributed by atoms with E-state index in [4.69, 9.17) is 9.26 Å². The SMILES string of the molecule is COc1ccc(-c2noc(CN(C(=O)Nc3ccc(C)cc3)C3CCCCC3)n2)cc1. The minimum atomic E-state index is -0.139. The van der Waals surface area contributed by atoms with Crippen molar-refractivity contribution in [2.45, 2.75) is 51.6 Å². The van der Waals surface area contributed by atoms with Crippen LogP contribution in [0, 0.1) is 6.92 Å². The van der Waals surface area contributed by atoms with Gasteiger partial charge in [0.15, 0.2) is 0 Å². The fraction of sp³-hybridized carbons (Fsp3) is 0.375. The Morgan fingerprint density at radius 3 is 2.48 bits per heavy atom. The molecular weight excluding hydrogens is 392 g/mol. The number of urea groups is 1. The summed E-state index contributed by atoms with van der Waals surface area (Å²) in [4.78, 5) is 19.5. The summed E-state index contributed by atoms with van der Waals surface area (Å²) in [6.07, 6.45) is 5.44. The van der Waals surface area contributed by atoms with Gasteiger partial charge in [-0.1, -0.05) is 42.1 Å². The maximum absolute atomic E-state index is 13.2. The predicted octanol–water partition coefficient (Wildman–Crippen LogP) is 5.42. The van der Waals surface area contributed by atoms with Crippen LogP contribution in [0.1, 0.15) is 43.6 Å². The smallest absolute Gasteiger partial charge is 0.322 e. The van der Waals surface area contributed by atoms with Gasteiger partial charge in [0.05, 0.1) is 7.11 Å². The number of benzene rings is 2. The largest absolute Gasteiger partial charge is 0.497 e. The Kier molecular flexibility index (Phi) is 6.50. The summed E-state index contributed by atoms with van der Waals surface area (Å²) in [5, 5.41) is 7.13. The summed E-state index contributed by atoms with van der Waals surface area (Å²) in [6, 6.07) is 15.3. The van der Waals surface area contributed by atoms with Crippen LogP contribution in [0.4, 0.5) is 10.5 Å². The Labute approximate surface area is 182 Å². The van der Waals surface area contributed by atoms with Crippen molar-refractivity contribution >= 4 is 11.7 Å². The fourth-order valence-corrected chi connectivity index (χ4v) is 3.91. The summed E-state index contributed by atoms with van der Waals surface area (Å²) in [7, 11) is 1.63. The molecule has 1 N–H and O–H groups in total. The lowest BCUT2D eigenvalue weighted by Crippen LogP contribution is -2.43. The van der Waals surface area contributed by atoms with Crippen LogP contribution >= 0.6 is 0 Å². The normalized spacial score (nSPS) is 14.3. The second kappa shape index (κ2) is 9.64. The van der Waals surface area contributed by atoms with Gasteiger partial charge in [0.2, 0.25) is 11.7 Å². The third-order valence-corrected chi connectivity index (χ3v) is 5.70. The average Bonchev–Trinajstić information content (AvgIpc) is 3.28. The highest BCUT2D eigenvalue weighted by molar-refractivity contribution is 5.89. The Bertz CT molecular complexity index is 992. The van der Waals surface area contributed by atoms with Crippen LogP contribution < -0.4 is 10.1 Å². The predicted molar refractivity (Wildman–Crippen MR) is 119 cm³/mol. The van der Waals surface area contributed by atoms with Crippen molar-refractivity contribution in [1.82, 2.24) is 15.0 Å². The zero-order valence-electron chi connectivity index (χ0n) is 18.0. The van der Waals surface area contributed by atoms with Crippen LogP contribution in [0.5, 0.6) is 5.75 Å². The highest BCUT2D eigenvalue weighted by Crippen LogP contribution is 2.26. The van der Waals surface area contributed by atoms with Gasteiger partial charge in [0.1, 0.15) is 12.3 Å². The number of hydrogen-bond acceptors (Lipinski definition) is 5. The van der Waals surface area contributed by atoms with Gasteiger partial charge in [-0.2, -0.15) is 4.98 Å². The molecule has 1 fully saturated rings. The van der Waals surface area contributed by atoms with Gasteiger partial charge in [-0.25, -0.2) is 4.79 Å². The first kappa shape index (κ1) is 20.9. The molecule has 0 bridgehead atoms. The van der Waals surface area contributed by atoms with Crippen molar-refractivity contribution in [3.05, 3.63) is 60.0 Å². The molecule has 3 aromatic rings. The molecule has 2 aromatic carbocycles. The minimum Gasteiger partial charge on any atom is -0.497 e. The second-order valence-corrected chi connectivity index (χ2v) is 7.96. The molecular formula is C24H28N4O3. The molecule has 1 aliphatic carbocycles. The highest BCUT2D eigenvalue weighted by atomic mass is 16.5. The average molecular weight is 421 g/mol. The van der Waals surface area contributed by atoms with Crippen LogP contribution in [0.15, 0.2) is 53.1 Å². The monoisotopic (exact) mass is 420 g/mol. The van der Waals surface area contributed by atoms with E-state index >= 15 is 0 Å². The maximum Gasteiger partial charge on any atom is 0.322 e. The molecule has 31 heavy (non-hydrogen) atoms. The van der Waals surface area contributed by atoms with Crippen molar-refractivity contribution in [3.63, 3.8) is 0 Å². The zero-order valence-corrected chi connectivity index (χ0v) is 18.0. The molecule has 7 nitrogen and oxygen atoms in total. The maximum atomic E-state index is 13.2. The van der Waals surface area contributed by atoms with E-state index in [1.165, 1.54) is 6.42 Å². The number of aromatic nitrogens is 2. The van der Waals surface area contributed by atoms with Crippen LogP contribution in [0.2, 0.25) is 0 Å². The first-order valence-electron chi connectivity index (χ1n) is 10.7. The minimum absolute atomic E-state index is 0.139. The van der Waals surface area contributed by atoms with Gasteiger partial charge in [0.25, 0.3) is 0 Å². The topological polar surface area (TPSA) is 80.5 Å².